The minimum atomic E-state index is 0.103. The second-order valence-corrected chi connectivity index (χ2v) is 6.62. The normalized spacial score (nSPS) is 24.4. The molecule has 3 aliphatic rings. The fourth-order valence-corrected chi connectivity index (χ4v) is 3.66. The Bertz CT molecular complexity index is 448. The van der Waals surface area contributed by atoms with Gasteiger partial charge in [0, 0.05) is 17.4 Å². The summed E-state index contributed by atoms with van der Waals surface area (Å²) in [5, 5.41) is 13.9. The Morgan fingerprint density at radius 3 is 2.20 bits per heavy atom. The predicted molar refractivity (Wildman–Crippen MR) is 78.6 cm³/mol. The molecule has 0 atom stereocenters. The van der Waals surface area contributed by atoms with Crippen molar-refractivity contribution in [3.63, 3.8) is 0 Å². The van der Waals surface area contributed by atoms with Crippen LogP contribution in [-0.4, -0.2) is 10.3 Å². The highest BCUT2D eigenvalue weighted by molar-refractivity contribution is 5.30. The van der Waals surface area contributed by atoms with E-state index in [4.69, 9.17) is 4.52 Å². The fourth-order valence-electron chi connectivity index (χ4n) is 3.66. The largest absolute Gasteiger partial charge is 0.391 e. The first-order valence-electron chi connectivity index (χ1n) is 8.40. The van der Waals surface area contributed by atoms with Gasteiger partial charge in [-0.25, -0.2) is 0 Å². The van der Waals surface area contributed by atoms with Crippen molar-refractivity contribution in [1.82, 2.24) is 5.16 Å². The summed E-state index contributed by atoms with van der Waals surface area (Å²) in [6.07, 6.45) is 10.5. The molecule has 0 unspecified atom stereocenters. The second kappa shape index (κ2) is 5.51. The van der Waals surface area contributed by atoms with Crippen LogP contribution in [-0.2, 0) is 6.61 Å². The Morgan fingerprint density at radius 2 is 1.70 bits per heavy atom. The summed E-state index contributed by atoms with van der Waals surface area (Å²) >= 11 is 0. The van der Waals surface area contributed by atoms with Crippen LogP contribution in [0.1, 0.15) is 94.1 Å². The fraction of sp³-hybridized carbons (Fsp3) is 0.824. The van der Waals surface area contributed by atoms with E-state index in [1.807, 2.05) is 13.8 Å². The van der Waals surface area contributed by atoms with Gasteiger partial charge >= 0.3 is 0 Å². The molecule has 1 aromatic heterocycles. The topological polar surface area (TPSA) is 46.3 Å². The van der Waals surface area contributed by atoms with Gasteiger partial charge in [0.15, 0.2) is 0 Å². The van der Waals surface area contributed by atoms with E-state index < -0.39 is 0 Å². The van der Waals surface area contributed by atoms with Crippen molar-refractivity contribution in [3.8, 4) is 0 Å². The summed E-state index contributed by atoms with van der Waals surface area (Å²) in [6, 6.07) is 0. The summed E-state index contributed by atoms with van der Waals surface area (Å²) in [5.74, 6) is 2.07. The third-order valence-corrected chi connectivity index (χ3v) is 5.35. The van der Waals surface area contributed by atoms with Crippen molar-refractivity contribution >= 4 is 0 Å². The lowest BCUT2D eigenvalue weighted by Gasteiger charge is -2.27. The van der Waals surface area contributed by atoms with E-state index >= 15 is 0 Å². The van der Waals surface area contributed by atoms with Gasteiger partial charge in [0.2, 0.25) is 0 Å². The average Bonchev–Trinajstić information content (AvgIpc) is 3.43. The summed E-state index contributed by atoms with van der Waals surface area (Å²) < 4.78 is 5.52. The molecule has 112 valence electrons. The Morgan fingerprint density at radius 1 is 1.05 bits per heavy atom. The summed E-state index contributed by atoms with van der Waals surface area (Å²) in [4.78, 5) is 0. The first-order chi connectivity index (χ1) is 9.81. The zero-order valence-electron chi connectivity index (χ0n) is 12.8. The predicted octanol–water partition coefficient (Wildman–Crippen LogP) is 4.51. The first-order valence-corrected chi connectivity index (χ1v) is 8.40. The monoisotopic (exact) mass is 277 g/mol. The summed E-state index contributed by atoms with van der Waals surface area (Å²) in [5.41, 5.74) is 2.82. The second-order valence-electron chi connectivity index (χ2n) is 6.62. The molecule has 4 rings (SSSR count). The lowest BCUT2D eigenvalue weighted by Crippen LogP contribution is -2.15. The molecule has 3 saturated carbocycles. The van der Waals surface area contributed by atoms with Gasteiger partial charge in [-0.2, -0.15) is 0 Å². The van der Waals surface area contributed by atoms with Gasteiger partial charge in [0.05, 0.1) is 12.3 Å². The molecule has 1 heterocycles. The lowest BCUT2D eigenvalue weighted by atomic mass is 9.77. The maximum atomic E-state index is 9.61. The van der Waals surface area contributed by atoms with Crippen LogP contribution in [0.4, 0.5) is 0 Å². The van der Waals surface area contributed by atoms with Gasteiger partial charge in [-0.3, -0.25) is 0 Å². The van der Waals surface area contributed by atoms with Gasteiger partial charge < -0.3 is 9.63 Å². The maximum absolute atomic E-state index is 9.61. The summed E-state index contributed by atoms with van der Waals surface area (Å²) in [6.45, 7) is 4.10. The zero-order chi connectivity index (χ0) is 14.2. The minimum absolute atomic E-state index is 0.103. The number of hydrogen-bond acceptors (Lipinski definition) is 3. The maximum Gasteiger partial charge on any atom is 0.145 e. The molecule has 3 fully saturated rings. The number of hydrogen-bond donors (Lipinski definition) is 1. The highest BCUT2D eigenvalue weighted by atomic mass is 16.5. The van der Waals surface area contributed by atoms with Crippen LogP contribution in [0.25, 0.3) is 0 Å². The van der Waals surface area contributed by atoms with Crippen molar-refractivity contribution in [3.05, 3.63) is 17.0 Å². The van der Waals surface area contributed by atoms with Crippen LogP contribution in [0.3, 0.4) is 0 Å². The number of aromatic nitrogens is 1. The number of aliphatic hydroxyl groups is 1. The highest BCUT2D eigenvalue weighted by Crippen LogP contribution is 2.58. The number of aliphatic hydroxyl groups excluding tert-OH is 1. The van der Waals surface area contributed by atoms with Crippen LogP contribution in [0.15, 0.2) is 4.52 Å². The molecule has 0 amide bonds. The molecular weight excluding hydrogens is 250 g/mol. The van der Waals surface area contributed by atoms with E-state index in [1.165, 1.54) is 51.4 Å². The van der Waals surface area contributed by atoms with Gasteiger partial charge in [0.25, 0.3) is 0 Å². The van der Waals surface area contributed by atoms with Crippen LogP contribution < -0.4 is 0 Å². The molecule has 3 heteroatoms. The Kier molecular flexibility index (Phi) is 3.89. The molecule has 1 N–H and O–H groups in total. The van der Waals surface area contributed by atoms with Gasteiger partial charge in [0.1, 0.15) is 5.76 Å². The molecule has 0 aromatic carbocycles. The van der Waals surface area contributed by atoms with Gasteiger partial charge in [-0.15, -0.1) is 0 Å². The van der Waals surface area contributed by atoms with E-state index in [1.54, 1.807) is 0 Å². The van der Waals surface area contributed by atoms with E-state index in [0.717, 1.165) is 22.4 Å². The van der Waals surface area contributed by atoms with E-state index in [0.29, 0.717) is 11.8 Å². The molecule has 0 bridgehead atoms. The van der Waals surface area contributed by atoms with Crippen LogP contribution >= 0.6 is 0 Å². The van der Waals surface area contributed by atoms with Gasteiger partial charge in [-0.05, 0) is 56.8 Å². The molecule has 0 saturated heterocycles. The third-order valence-electron chi connectivity index (χ3n) is 5.35. The molecule has 1 aromatic rings. The Labute approximate surface area is 121 Å². The molecule has 0 radical (unpaired) electrons. The molecule has 3 aliphatic carbocycles. The first kappa shape index (κ1) is 14.1. The van der Waals surface area contributed by atoms with E-state index in [2.05, 4.69) is 5.16 Å². The SMILES string of the molecule is CC.OCc1c(C2CCC3(CC2)CC3)noc1C1CC1. The molecule has 1 spiro atoms. The van der Waals surface area contributed by atoms with E-state index in [-0.39, 0.29) is 6.61 Å². The smallest absolute Gasteiger partial charge is 0.145 e. The van der Waals surface area contributed by atoms with Crippen molar-refractivity contribution in [2.75, 3.05) is 0 Å². The highest BCUT2D eigenvalue weighted by Gasteiger charge is 2.46. The number of rotatable bonds is 3. The van der Waals surface area contributed by atoms with Crippen LogP contribution in [0, 0.1) is 5.41 Å². The Balaban J connectivity index is 0.000000581. The molecular formula is C17H27NO2. The van der Waals surface area contributed by atoms with Gasteiger partial charge in [-0.1, -0.05) is 19.0 Å². The minimum Gasteiger partial charge on any atom is -0.391 e. The number of nitrogens with zero attached hydrogens (tertiary/aromatic N) is 1. The lowest BCUT2D eigenvalue weighted by molar-refractivity contribution is 0.271. The van der Waals surface area contributed by atoms with Crippen molar-refractivity contribution in [1.29, 1.82) is 0 Å². The quantitative estimate of drug-likeness (QED) is 0.884. The van der Waals surface area contributed by atoms with Crippen molar-refractivity contribution < 1.29 is 9.63 Å². The zero-order valence-corrected chi connectivity index (χ0v) is 12.8. The van der Waals surface area contributed by atoms with Crippen molar-refractivity contribution in [2.24, 2.45) is 5.41 Å². The third kappa shape index (κ3) is 2.52. The van der Waals surface area contributed by atoms with Crippen molar-refractivity contribution in [2.45, 2.75) is 83.7 Å². The van der Waals surface area contributed by atoms with Crippen LogP contribution in [0.5, 0.6) is 0 Å². The Hall–Kier alpha value is -0.830. The molecule has 0 aliphatic heterocycles. The molecule has 20 heavy (non-hydrogen) atoms. The van der Waals surface area contributed by atoms with Crippen LogP contribution in [0.2, 0.25) is 0 Å². The van der Waals surface area contributed by atoms with E-state index in [9.17, 15) is 5.11 Å². The summed E-state index contributed by atoms with van der Waals surface area (Å²) in [7, 11) is 0. The standard InChI is InChI=1S/C15H21NO2.C2H6/c17-9-12-13(16-18-14(12)11-1-2-11)10-3-5-15(6-4-10)7-8-15;1-2/h10-11,17H,1-9H2;1-2H3. The molecule has 3 nitrogen and oxygen atoms in total. The average molecular weight is 277 g/mol.